The summed E-state index contributed by atoms with van der Waals surface area (Å²) in [6.45, 7) is 9.42. The highest BCUT2D eigenvalue weighted by atomic mass is 79.9. The minimum atomic E-state index is 0.728. The Balaban J connectivity index is 0.000000414. The number of para-hydroxylation sites is 2. The average Bonchev–Trinajstić information content (AvgIpc) is 3.20. The lowest BCUT2D eigenvalue weighted by atomic mass is 10.0. The number of rotatable bonds is 3. The summed E-state index contributed by atoms with van der Waals surface area (Å²) in [4.78, 5) is 0. The summed E-state index contributed by atoms with van der Waals surface area (Å²) >= 11 is 9.81. The minimum absolute atomic E-state index is 0.728. The molecular formula is C31H29BrClN. The quantitative estimate of drug-likeness (QED) is 0.204. The molecule has 4 aromatic carbocycles. The molecule has 0 fully saturated rings. The van der Waals surface area contributed by atoms with Gasteiger partial charge in [0.25, 0.3) is 0 Å². The van der Waals surface area contributed by atoms with Crippen LogP contribution in [0, 0.1) is 0 Å². The van der Waals surface area contributed by atoms with Gasteiger partial charge in [-0.25, -0.2) is 0 Å². The van der Waals surface area contributed by atoms with E-state index in [2.05, 4.69) is 99.9 Å². The van der Waals surface area contributed by atoms with Gasteiger partial charge in [0.05, 0.1) is 11.0 Å². The summed E-state index contributed by atoms with van der Waals surface area (Å²) in [5.41, 5.74) is 5.84. The molecule has 172 valence electrons. The zero-order valence-electron chi connectivity index (χ0n) is 19.8. The Morgan fingerprint density at radius 1 is 0.765 bits per heavy atom. The Morgan fingerprint density at radius 2 is 1.44 bits per heavy atom. The van der Waals surface area contributed by atoms with E-state index >= 15 is 0 Å². The van der Waals surface area contributed by atoms with E-state index in [4.69, 9.17) is 11.6 Å². The van der Waals surface area contributed by atoms with Crippen molar-refractivity contribution < 1.29 is 0 Å². The van der Waals surface area contributed by atoms with Crippen LogP contribution in [0.25, 0.3) is 38.6 Å². The molecule has 0 aliphatic heterocycles. The van der Waals surface area contributed by atoms with Gasteiger partial charge in [-0.1, -0.05) is 109 Å². The second-order valence-electron chi connectivity index (χ2n) is 7.34. The summed E-state index contributed by atoms with van der Waals surface area (Å²) < 4.78 is 3.30. The maximum Gasteiger partial charge on any atom is 0.0541 e. The largest absolute Gasteiger partial charge is 0.309 e. The molecule has 0 spiro atoms. The number of benzene rings is 4. The van der Waals surface area contributed by atoms with Crippen LogP contribution in [0.1, 0.15) is 20.8 Å². The lowest BCUT2D eigenvalue weighted by Crippen LogP contribution is -1.92. The van der Waals surface area contributed by atoms with E-state index in [-0.39, 0.29) is 0 Å². The fraction of sp³-hybridized carbons (Fsp3) is 0.0968. The van der Waals surface area contributed by atoms with Crippen molar-refractivity contribution in [2.24, 2.45) is 0 Å². The molecule has 1 nitrogen and oxygen atoms in total. The van der Waals surface area contributed by atoms with E-state index < -0.39 is 0 Å². The van der Waals surface area contributed by atoms with E-state index in [1.54, 1.807) is 6.08 Å². The lowest BCUT2D eigenvalue weighted by Gasteiger charge is -2.08. The first-order valence-electron chi connectivity index (χ1n) is 11.4. The maximum atomic E-state index is 6.26. The first-order chi connectivity index (χ1) is 16.6. The van der Waals surface area contributed by atoms with Crippen molar-refractivity contribution in [1.82, 2.24) is 4.57 Å². The standard InChI is InChI=1S/C24H15BrClN.C5H8.C2H6/c25-18-12-17(13-19(26)15-18)16-10-11-24-22(14-16)21-8-4-5-9-23(21)27(24)20-6-2-1-3-7-20;1-3-5-4-2;1-2/h1-15H;3-5H,1H2,2H3;1-2H3/b;5-4-;. The number of allylic oxidation sites excluding steroid dienone is 3. The molecule has 1 aromatic heterocycles. The molecule has 34 heavy (non-hydrogen) atoms. The van der Waals surface area contributed by atoms with Gasteiger partial charge in [0.1, 0.15) is 0 Å². The molecule has 0 saturated heterocycles. The molecule has 5 aromatic rings. The van der Waals surface area contributed by atoms with Gasteiger partial charge in [-0.05, 0) is 66.6 Å². The summed E-state index contributed by atoms with van der Waals surface area (Å²) in [6, 6.07) is 31.7. The van der Waals surface area contributed by atoms with Gasteiger partial charge >= 0.3 is 0 Å². The monoisotopic (exact) mass is 529 g/mol. The highest BCUT2D eigenvalue weighted by molar-refractivity contribution is 9.10. The second-order valence-corrected chi connectivity index (χ2v) is 8.69. The third-order valence-corrected chi connectivity index (χ3v) is 5.89. The van der Waals surface area contributed by atoms with Gasteiger partial charge in [0.15, 0.2) is 0 Å². The second kappa shape index (κ2) is 12.4. The molecule has 0 saturated carbocycles. The third-order valence-electron chi connectivity index (χ3n) is 5.21. The van der Waals surface area contributed by atoms with Crippen LogP contribution in [0.5, 0.6) is 0 Å². The number of nitrogens with zero attached hydrogens (tertiary/aromatic N) is 1. The van der Waals surface area contributed by atoms with Crippen LogP contribution in [0.3, 0.4) is 0 Å². The Bertz CT molecular complexity index is 1390. The van der Waals surface area contributed by atoms with Crippen molar-refractivity contribution in [1.29, 1.82) is 0 Å². The number of halogens is 2. The molecule has 0 atom stereocenters. The van der Waals surface area contributed by atoms with Crippen molar-refractivity contribution in [2.45, 2.75) is 20.8 Å². The Kier molecular flexibility index (Phi) is 9.33. The predicted octanol–water partition coefficient (Wildman–Crippen LogP) is 10.6. The van der Waals surface area contributed by atoms with Crippen molar-refractivity contribution in [3.63, 3.8) is 0 Å². The molecule has 0 aliphatic rings. The van der Waals surface area contributed by atoms with Crippen LogP contribution in [0.4, 0.5) is 0 Å². The normalized spacial score (nSPS) is 10.5. The van der Waals surface area contributed by atoms with Crippen LogP contribution in [-0.2, 0) is 0 Å². The smallest absolute Gasteiger partial charge is 0.0541 e. The van der Waals surface area contributed by atoms with E-state index in [9.17, 15) is 0 Å². The van der Waals surface area contributed by atoms with Crippen molar-refractivity contribution in [3.8, 4) is 16.8 Å². The highest BCUT2D eigenvalue weighted by Gasteiger charge is 2.13. The fourth-order valence-electron chi connectivity index (χ4n) is 3.86. The molecule has 3 heteroatoms. The molecule has 0 amide bonds. The van der Waals surface area contributed by atoms with Crippen LogP contribution >= 0.6 is 27.5 Å². The summed E-state index contributed by atoms with van der Waals surface area (Å²) in [5, 5.41) is 3.22. The zero-order chi connectivity index (χ0) is 24.5. The predicted molar refractivity (Wildman–Crippen MR) is 155 cm³/mol. The van der Waals surface area contributed by atoms with Gasteiger partial charge in [0.2, 0.25) is 0 Å². The number of hydrogen-bond donors (Lipinski definition) is 0. The van der Waals surface area contributed by atoms with Crippen LogP contribution in [0.15, 0.2) is 120 Å². The van der Waals surface area contributed by atoms with E-state index in [0.29, 0.717) is 0 Å². The fourth-order valence-corrected chi connectivity index (χ4v) is 4.72. The topological polar surface area (TPSA) is 4.93 Å². The first-order valence-corrected chi connectivity index (χ1v) is 12.6. The van der Waals surface area contributed by atoms with Crippen LogP contribution < -0.4 is 0 Å². The Hall–Kier alpha value is -3.07. The van der Waals surface area contributed by atoms with Crippen LogP contribution in [-0.4, -0.2) is 4.57 Å². The minimum Gasteiger partial charge on any atom is -0.309 e. The van der Waals surface area contributed by atoms with Crippen molar-refractivity contribution >= 4 is 49.3 Å². The first kappa shape index (κ1) is 25.6. The molecule has 0 unspecified atom stereocenters. The highest BCUT2D eigenvalue weighted by Crippen LogP contribution is 2.35. The van der Waals surface area contributed by atoms with Crippen molar-refractivity contribution in [2.75, 3.05) is 0 Å². The van der Waals surface area contributed by atoms with Gasteiger partial charge in [-0.2, -0.15) is 0 Å². The summed E-state index contributed by atoms with van der Waals surface area (Å²) in [6.07, 6.45) is 5.58. The Labute approximate surface area is 216 Å². The summed E-state index contributed by atoms with van der Waals surface area (Å²) in [7, 11) is 0. The van der Waals surface area contributed by atoms with E-state index in [0.717, 1.165) is 20.6 Å². The zero-order valence-corrected chi connectivity index (χ0v) is 22.1. The van der Waals surface area contributed by atoms with Crippen molar-refractivity contribution in [3.05, 3.63) is 125 Å². The summed E-state index contributed by atoms with van der Waals surface area (Å²) in [5.74, 6) is 0. The average molecular weight is 531 g/mol. The molecular weight excluding hydrogens is 502 g/mol. The molecule has 1 heterocycles. The van der Waals surface area contributed by atoms with Gasteiger partial charge < -0.3 is 4.57 Å². The molecule has 5 rings (SSSR count). The third kappa shape index (κ3) is 5.70. The SMILES string of the molecule is C=C/C=C\C.CC.Clc1cc(Br)cc(-c2ccc3c(c2)c2ccccc2n3-c2ccccc2)c1. The van der Waals surface area contributed by atoms with Gasteiger partial charge in [0, 0.05) is 26.0 Å². The number of hydrogen-bond acceptors (Lipinski definition) is 0. The Morgan fingerprint density at radius 3 is 2.09 bits per heavy atom. The number of fused-ring (bicyclic) bond motifs is 3. The van der Waals surface area contributed by atoms with Gasteiger partial charge in [-0.3, -0.25) is 0 Å². The van der Waals surface area contributed by atoms with Gasteiger partial charge in [-0.15, -0.1) is 0 Å². The molecule has 0 aliphatic carbocycles. The number of aromatic nitrogens is 1. The molecule has 0 N–H and O–H groups in total. The maximum absolute atomic E-state index is 6.26. The van der Waals surface area contributed by atoms with E-state index in [1.807, 2.05) is 51.1 Å². The molecule has 0 bridgehead atoms. The van der Waals surface area contributed by atoms with Crippen LogP contribution in [0.2, 0.25) is 5.02 Å². The lowest BCUT2D eigenvalue weighted by molar-refractivity contribution is 1.18. The van der Waals surface area contributed by atoms with E-state index in [1.165, 1.54) is 27.5 Å². The molecule has 0 radical (unpaired) electrons.